The van der Waals surface area contributed by atoms with Crippen LogP contribution < -0.4 is 5.73 Å². The number of nitrogens with zero attached hydrogens (tertiary/aromatic N) is 2. The summed E-state index contributed by atoms with van der Waals surface area (Å²) in [5.41, 5.74) is 7.19. The van der Waals surface area contributed by atoms with Crippen molar-refractivity contribution in [3.05, 3.63) is 28.5 Å². The number of nitrogens with two attached hydrogens (primary N) is 1. The summed E-state index contributed by atoms with van der Waals surface area (Å²) >= 11 is 3.35. The molecule has 17 heavy (non-hydrogen) atoms. The molecule has 1 heterocycles. The van der Waals surface area contributed by atoms with Crippen molar-refractivity contribution in [2.45, 2.75) is 13.5 Å². The summed E-state index contributed by atoms with van der Waals surface area (Å²) in [7, 11) is 0. The molecule has 0 amide bonds. The molecule has 0 fully saturated rings. The van der Waals surface area contributed by atoms with Crippen molar-refractivity contribution in [2.24, 2.45) is 0 Å². The average molecular weight is 298 g/mol. The molecular formula is C11H12BrN3O2. The van der Waals surface area contributed by atoms with Crippen molar-refractivity contribution in [3.63, 3.8) is 0 Å². The number of halogens is 1. The molecule has 6 heteroatoms. The van der Waals surface area contributed by atoms with Gasteiger partial charge in [-0.05, 0) is 41.1 Å². The lowest BCUT2D eigenvalue weighted by molar-refractivity contribution is 0.126. The number of aromatic nitrogens is 2. The fourth-order valence-electron chi connectivity index (χ4n) is 1.28. The number of anilines is 1. The Bertz CT molecular complexity index is 513. The van der Waals surface area contributed by atoms with E-state index in [9.17, 15) is 0 Å². The van der Waals surface area contributed by atoms with Crippen LogP contribution in [0.4, 0.5) is 5.69 Å². The zero-order chi connectivity index (χ0) is 12.3. The predicted molar refractivity (Wildman–Crippen MR) is 67.2 cm³/mol. The van der Waals surface area contributed by atoms with Crippen molar-refractivity contribution in [3.8, 4) is 11.5 Å². The zero-order valence-corrected chi connectivity index (χ0v) is 10.9. The van der Waals surface area contributed by atoms with Crippen LogP contribution in [0.1, 0.15) is 12.7 Å². The van der Waals surface area contributed by atoms with Crippen LogP contribution in [0.15, 0.2) is 27.2 Å². The van der Waals surface area contributed by atoms with Gasteiger partial charge in [0, 0.05) is 22.3 Å². The maximum atomic E-state index is 5.70. The van der Waals surface area contributed by atoms with Crippen LogP contribution >= 0.6 is 15.9 Å². The number of hydrogen-bond acceptors (Lipinski definition) is 5. The highest BCUT2D eigenvalue weighted by Crippen LogP contribution is 2.26. The van der Waals surface area contributed by atoms with Crippen LogP contribution in [0.5, 0.6) is 0 Å². The lowest BCUT2D eigenvalue weighted by Gasteiger charge is -1.99. The largest absolute Gasteiger partial charge is 0.398 e. The molecule has 0 aliphatic carbocycles. The van der Waals surface area contributed by atoms with E-state index in [4.69, 9.17) is 15.0 Å². The summed E-state index contributed by atoms with van der Waals surface area (Å²) in [6.07, 6.45) is 0. The third kappa shape index (κ3) is 2.83. The SMILES string of the molecule is CCOCc1noc(-c2ccc(N)c(Br)c2)n1. The second kappa shape index (κ2) is 5.29. The van der Waals surface area contributed by atoms with E-state index in [1.54, 1.807) is 6.07 Å². The Kier molecular flexibility index (Phi) is 3.75. The van der Waals surface area contributed by atoms with Crippen molar-refractivity contribution in [1.82, 2.24) is 10.1 Å². The molecule has 90 valence electrons. The maximum absolute atomic E-state index is 5.70. The van der Waals surface area contributed by atoms with Crippen LogP contribution in [0, 0.1) is 0 Å². The van der Waals surface area contributed by atoms with E-state index < -0.39 is 0 Å². The summed E-state index contributed by atoms with van der Waals surface area (Å²) in [5.74, 6) is 0.996. The van der Waals surface area contributed by atoms with Crippen molar-refractivity contribution >= 4 is 21.6 Å². The Hall–Kier alpha value is -1.40. The standard InChI is InChI=1S/C11H12BrN3O2/c1-2-16-6-10-14-11(17-15-10)7-3-4-9(13)8(12)5-7/h3-5H,2,6,13H2,1H3. The molecule has 2 aromatic rings. The first-order valence-corrected chi connectivity index (χ1v) is 5.95. The van der Waals surface area contributed by atoms with Crippen molar-refractivity contribution in [1.29, 1.82) is 0 Å². The molecule has 5 nitrogen and oxygen atoms in total. The minimum absolute atomic E-state index is 0.357. The monoisotopic (exact) mass is 297 g/mol. The maximum Gasteiger partial charge on any atom is 0.258 e. The molecule has 0 bridgehead atoms. The fraction of sp³-hybridized carbons (Fsp3) is 0.273. The van der Waals surface area contributed by atoms with Gasteiger partial charge < -0.3 is 15.0 Å². The number of benzene rings is 1. The molecule has 0 aliphatic heterocycles. The Morgan fingerprint density at radius 1 is 1.47 bits per heavy atom. The summed E-state index contributed by atoms with van der Waals surface area (Å²) in [6, 6.07) is 5.46. The van der Waals surface area contributed by atoms with E-state index in [2.05, 4.69) is 26.1 Å². The number of hydrogen-bond donors (Lipinski definition) is 1. The number of rotatable bonds is 4. The van der Waals surface area contributed by atoms with E-state index >= 15 is 0 Å². The highest BCUT2D eigenvalue weighted by Gasteiger charge is 2.09. The van der Waals surface area contributed by atoms with Gasteiger partial charge in [0.05, 0.1) is 0 Å². The van der Waals surface area contributed by atoms with Crippen LogP contribution in [0.2, 0.25) is 0 Å². The van der Waals surface area contributed by atoms with Gasteiger partial charge in [-0.15, -0.1) is 0 Å². The molecule has 0 aliphatic rings. The van der Waals surface area contributed by atoms with Crippen LogP contribution in [0.3, 0.4) is 0 Å². The van der Waals surface area contributed by atoms with Gasteiger partial charge >= 0.3 is 0 Å². The minimum Gasteiger partial charge on any atom is -0.398 e. The summed E-state index contributed by atoms with van der Waals surface area (Å²) in [4.78, 5) is 4.22. The van der Waals surface area contributed by atoms with E-state index in [1.807, 2.05) is 19.1 Å². The Labute approximate surface area is 107 Å². The van der Waals surface area contributed by atoms with Gasteiger partial charge in [-0.25, -0.2) is 0 Å². The van der Waals surface area contributed by atoms with Crippen LogP contribution in [-0.2, 0) is 11.3 Å². The summed E-state index contributed by atoms with van der Waals surface area (Å²) < 4.78 is 11.1. The number of nitrogen functional groups attached to an aromatic ring is 1. The molecule has 0 atom stereocenters. The first kappa shape index (κ1) is 12.1. The molecule has 1 aromatic carbocycles. The van der Waals surface area contributed by atoms with Gasteiger partial charge in [0.25, 0.3) is 5.89 Å². The van der Waals surface area contributed by atoms with Crippen molar-refractivity contribution < 1.29 is 9.26 Å². The van der Waals surface area contributed by atoms with Gasteiger partial charge in [0.15, 0.2) is 5.82 Å². The molecule has 2 rings (SSSR count). The second-order valence-electron chi connectivity index (χ2n) is 3.39. The first-order chi connectivity index (χ1) is 8.20. The third-order valence-corrected chi connectivity index (χ3v) is 2.84. The highest BCUT2D eigenvalue weighted by atomic mass is 79.9. The molecule has 0 saturated carbocycles. The van der Waals surface area contributed by atoms with E-state index in [0.717, 1.165) is 10.0 Å². The third-order valence-electron chi connectivity index (χ3n) is 2.15. The molecule has 2 N–H and O–H groups in total. The molecular weight excluding hydrogens is 286 g/mol. The van der Waals surface area contributed by atoms with Gasteiger partial charge in [0.1, 0.15) is 6.61 Å². The first-order valence-electron chi connectivity index (χ1n) is 5.16. The summed E-state index contributed by atoms with van der Waals surface area (Å²) in [5, 5.41) is 3.82. The average Bonchev–Trinajstić information content (AvgIpc) is 2.79. The normalized spacial score (nSPS) is 10.7. The fourth-order valence-corrected chi connectivity index (χ4v) is 1.66. The highest BCUT2D eigenvalue weighted by molar-refractivity contribution is 9.10. The van der Waals surface area contributed by atoms with E-state index in [0.29, 0.717) is 30.6 Å². The van der Waals surface area contributed by atoms with Gasteiger partial charge in [0.2, 0.25) is 0 Å². The van der Waals surface area contributed by atoms with Crippen LogP contribution in [-0.4, -0.2) is 16.7 Å². The summed E-state index contributed by atoms with van der Waals surface area (Å²) in [6.45, 7) is 2.89. The van der Waals surface area contributed by atoms with Gasteiger partial charge in [-0.1, -0.05) is 5.16 Å². The molecule has 0 radical (unpaired) electrons. The molecule has 0 saturated heterocycles. The molecule has 1 aromatic heterocycles. The Balaban J connectivity index is 2.21. The predicted octanol–water partition coefficient (Wildman–Crippen LogP) is 2.62. The Morgan fingerprint density at radius 2 is 2.29 bits per heavy atom. The van der Waals surface area contributed by atoms with E-state index in [-0.39, 0.29) is 0 Å². The lowest BCUT2D eigenvalue weighted by Crippen LogP contribution is -1.93. The van der Waals surface area contributed by atoms with Gasteiger partial charge in [-0.3, -0.25) is 0 Å². The van der Waals surface area contributed by atoms with E-state index in [1.165, 1.54) is 0 Å². The number of ether oxygens (including phenoxy) is 1. The van der Waals surface area contributed by atoms with Crippen LogP contribution in [0.25, 0.3) is 11.5 Å². The smallest absolute Gasteiger partial charge is 0.258 e. The topological polar surface area (TPSA) is 74.2 Å². The molecule has 0 spiro atoms. The minimum atomic E-state index is 0.357. The molecule has 0 unspecified atom stereocenters. The lowest BCUT2D eigenvalue weighted by atomic mass is 10.2. The second-order valence-corrected chi connectivity index (χ2v) is 4.24. The van der Waals surface area contributed by atoms with Crippen molar-refractivity contribution in [2.75, 3.05) is 12.3 Å². The quantitative estimate of drug-likeness (QED) is 0.878. The zero-order valence-electron chi connectivity index (χ0n) is 9.31. The van der Waals surface area contributed by atoms with Gasteiger partial charge in [-0.2, -0.15) is 4.98 Å². The Morgan fingerprint density at radius 3 is 3.00 bits per heavy atom.